The second kappa shape index (κ2) is 8.68. The highest BCUT2D eigenvalue weighted by atomic mass is 32.1. The van der Waals surface area contributed by atoms with E-state index in [4.69, 9.17) is 4.98 Å². The molecule has 5 rings (SSSR count). The summed E-state index contributed by atoms with van der Waals surface area (Å²) in [6.45, 7) is 8.55. The first-order valence-corrected chi connectivity index (χ1v) is 11.6. The number of aryl methyl sites for hydroxylation is 1. The summed E-state index contributed by atoms with van der Waals surface area (Å²) in [5.41, 5.74) is 5.18. The normalized spacial score (nSPS) is 15.6. The molecular formula is C26H27N3S. The minimum atomic E-state index is 0.949. The van der Waals surface area contributed by atoms with Crippen LogP contribution in [0.1, 0.15) is 16.8 Å². The predicted octanol–water partition coefficient (Wildman–Crippen LogP) is 5.59. The van der Waals surface area contributed by atoms with Gasteiger partial charge in [0.05, 0.1) is 5.69 Å². The molecule has 0 N–H and O–H groups in total. The Labute approximate surface area is 182 Å². The van der Waals surface area contributed by atoms with Crippen molar-refractivity contribution in [1.29, 1.82) is 0 Å². The van der Waals surface area contributed by atoms with Crippen LogP contribution in [0.15, 0.2) is 72.1 Å². The molecule has 30 heavy (non-hydrogen) atoms. The average molecular weight is 414 g/mol. The largest absolute Gasteiger partial charge is 0.297 e. The monoisotopic (exact) mass is 413 g/mol. The Balaban J connectivity index is 1.19. The van der Waals surface area contributed by atoms with Crippen molar-refractivity contribution in [2.75, 3.05) is 26.2 Å². The summed E-state index contributed by atoms with van der Waals surface area (Å²) in [5.74, 6) is 0. The molecule has 152 valence electrons. The van der Waals surface area contributed by atoms with Crippen molar-refractivity contribution in [3.63, 3.8) is 0 Å². The first-order valence-electron chi connectivity index (χ1n) is 10.7. The average Bonchev–Trinajstić information content (AvgIpc) is 3.24. The number of aromatic nitrogens is 1. The van der Waals surface area contributed by atoms with Crippen LogP contribution in [-0.2, 0) is 13.1 Å². The molecule has 1 aliphatic rings. The zero-order valence-corrected chi connectivity index (χ0v) is 18.2. The summed E-state index contributed by atoms with van der Waals surface area (Å²) < 4.78 is 0. The summed E-state index contributed by atoms with van der Waals surface area (Å²) >= 11 is 1.76. The second-order valence-electron chi connectivity index (χ2n) is 8.15. The molecule has 3 nitrogen and oxygen atoms in total. The van der Waals surface area contributed by atoms with Gasteiger partial charge >= 0.3 is 0 Å². The van der Waals surface area contributed by atoms with Crippen molar-refractivity contribution in [3.8, 4) is 10.6 Å². The van der Waals surface area contributed by atoms with Gasteiger partial charge in [0.2, 0.25) is 0 Å². The first kappa shape index (κ1) is 19.4. The third-order valence-electron chi connectivity index (χ3n) is 6.05. The molecule has 1 fully saturated rings. The Bertz CT molecular complexity index is 1140. The molecule has 0 atom stereocenters. The molecule has 0 spiro atoms. The van der Waals surface area contributed by atoms with Crippen LogP contribution in [0.3, 0.4) is 0 Å². The summed E-state index contributed by atoms with van der Waals surface area (Å²) in [4.78, 5) is 10.0. The Morgan fingerprint density at radius 3 is 2.33 bits per heavy atom. The van der Waals surface area contributed by atoms with Crippen molar-refractivity contribution >= 4 is 22.1 Å². The third kappa shape index (κ3) is 4.17. The maximum Gasteiger partial charge on any atom is 0.123 e. The van der Waals surface area contributed by atoms with Crippen LogP contribution in [0.25, 0.3) is 21.3 Å². The lowest BCUT2D eigenvalue weighted by Gasteiger charge is -2.34. The maximum atomic E-state index is 4.92. The highest BCUT2D eigenvalue weighted by molar-refractivity contribution is 7.13. The first-order chi connectivity index (χ1) is 14.8. The van der Waals surface area contributed by atoms with E-state index in [0.29, 0.717) is 0 Å². The van der Waals surface area contributed by atoms with Gasteiger partial charge in [0, 0.05) is 50.2 Å². The Kier molecular flexibility index (Phi) is 5.63. The summed E-state index contributed by atoms with van der Waals surface area (Å²) in [6.07, 6.45) is 0. The van der Waals surface area contributed by atoms with E-state index in [9.17, 15) is 0 Å². The molecule has 4 aromatic rings. The van der Waals surface area contributed by atoms with Crippen LogP contribution in [0.4, 0.5) is 0 Å². The molecule has 1 aliphatic heterocycles. The van der Waals surface area contributed by atoms with Gasteiger partial charge in [0.1, 0.15) is 5.01 Å². The molecule has 4 heteroatoms. The van der Waals surface area contributed by atoms with E-state index in [1.807, 2.05) is 0 Å². The number of benzene rings is 3. The number of hydrogen-bond acceptors (Lipinski definition) is 4. The van der Waals surface area contributed by atoms with Gasteiger partial charge < -0.3 is 0 Å². The van der Waals surface area contributed by atoms with Crippen molar-refractivity contribution in [1.82, 2.24) is 14.8 Å². The molecule has 0 saturated carbocycles. The molecule has 0 radical (unpaired) electrons. The SMILES string of the molecule is Cc1ccccc1-c1nc(CN2CCN(Cc3cccc4ccccc34)CC2)cs1. The van der Waals surface area contributed by atoms with Gasteiger partial charge in [-0.15, -0.1) is 11.3 Å². The molecule has 1 aromatic heterocycles. The fourth-order valence-electron chi connectivity index (χ4n) is 4.32. The summed E-state index contributed by atoms with van der Waals surface area (Å²) in [7, 11) is 0. The fraction of sp³-hybridized carbons (Fsp3) is 0.269. The van der Waals surface area contributed by atoms with Crippen molar-refractivity contribution in [2.45, 2.75) is 20.0 Å². The molecule has 0 bridgehead atoms. The summed E-state index contributed by atoms with van der Waals surface area (Å²) in [5, 5.41) is 6.08. The zero-order valence-electron chi connectivity index (χ0n) is 17.4. The fourth-order valence-corrected chi connectivity index (χ4v) is 5.22. The number of nitrogens with zero attached hydrogens (tertiary/aromatic N) is 3. The predicted molar refractivity (Wildman–Crippen MR) is 127 cm³/mol. The van der Waals surface area contributed by atoms with E-state index in [1.54, 1.807) is 11.3 Å². The number of hydrogen-bond donors (Lipinski definition) is 0. The lowest BCUT2D eigenvalue weighted by atomic mass is 10.0. The zero-order chi connectivity index (χ0) is 20.3. The molecule has 0 aliphatic carbocycles. The van der Waals surface area contributed by atoms with Crippen molar-refractivity contribution in [3.05, 3.63) is 88.9 Å². The van der Waals surface area contributed by atoms with Gasteiger partial charge in [0.25, 0.3) is 0 Å². The standard InChI is InChI=1S/C26H27N3S/c1-20-7-2-4-11-24(20)26-27-23(19-30-26)18-29-15-13-28(14-16-29)17-22-10-6-9-21-8-3-5-12-25(21)22/h2-12,19H,13-18H2,1H3. The Morgan fingerprint density at radius 2 is 1.50 bits per heavy atom. The third-order valence-corrected chi connectivity index (χ3v) is 6.98. The Hall–Kier alpha value is -2.53. The summed E-state index contributed by atoms with van der Waals surface area (Å²) in [6, 6.07) is 23.9. The van der Waals surface area contributed by atoms with Gasteiger partial charge in [-0.3, -0.25) is 9.80 Å². The topological polar surface area (TPSA) is 19.4 Å². The van der Waals surface area contributed by atoms with Crippen LogP contribution in [-0.4, -0.2) is 41.0 Å². The van der Waals surface area contributed by atoms with Crippen LogP contribution in [0.5, 0.6) is 0 Å². The van der Waals surface area contributed by atoms with Gasteiger partial charge in [-0.25, -0.2) is 4.98 Å². The van der Waals surface area contributed by atoms with Gasteiger partial charge in [-0.05, 0) is 28.8 Å². The van der Waals surface area contributed by atoms with E-state index in [1.165, 1.54) is 33.2 Å². The van der Waals surface area contributed by atoms with Crippen LogP contribution in [0, 0.1) is 6.92 Å². The van der Waals surface area contributed by atoms with Gasteiger partial charge in [-0.1, -0.05) is 66.7 Å². The lowest BCUT2D eigenvalue weighted by molar-refractivity contribution is 0.121. The molecule has 2 heterocycles. The van der Waals surface area contributed by atoms with Crippen molar-refractivity contribution < 1.29 is 0 Å². The molecular weight excluding hydrogens is 386 g/mol. The maximum absolute atomic E-state index is 4.92. The number of piperazine rings is 1. The van der Waals surface area contributed by atoms with Crippen molar-refractivity contribution in [2.24, 2.45) is 0 Å². The number of rotatable bonds is 5. The van der Waals surface area contributed by atoms with Crippen LogP contribution in [0.2, 0.25) is 0 Å². The van der Waals surface area contributed by atoms with E-state index >= 15 is 0 Å². The van der Waals surface area contributed by atoms with E-state index < -0.39 is 0 Å². The highest BCUT2D eigenvalue weighted by Crippen LogP contribution is 2.27. The van der Waals surface area contributed by atoms with Crippen LogP contribution >= 0.6 is 11.3 Å². The minimum absolute atomic E-state index is 0.949. The Morgan fingerprint density at radius 1 is 0.800 bits per heavy atom. The van der Waals surface area contributed by atoms with Gasteiger partial charge in [-0.2, -0.15) is 0 Å². The number of thiazole rings is 1. The number of fused-ring (bicyclic) bond motifs is 1. The van der Waals surface area contributed by atoms with Crippen LogP contribution < -0.4 is 0 Å². The molecule has 0 unspecified atom stereocenters. The minimum Gasteiger partial charge on any atom is -0.297 e. The molecule has 1 saturated heterocycles. The van der Waals surface area contributed by atoms with E-state index in [0.717, 1.165) is 44.3 Å². The quantitative estimate of drug-likeness (QED) is 0.425. The smallest absolute Gasteiger partial charge is 0.123 e. The lowest BCUT2D eigenvalue weighted by Crippen LogP contribution is -2.45. The van der Waals surface area contributed by atoms with Gasteiger partial charge in [0.15, 0.2) is 0 Å². The molecule has 0 amide bonds. The second-order valence-corrected chi connectivity index (χ2v) is 9.01. The van der Waals surface area contributed by atoms with E-state index in [2.05, 4.69) is 88.8 Å². The highest BCUT2D eigenvalue weighted by Gasteiger charge is 2.19. The molecule has 3 aromatic carbocycles. The van der Waals surface area contributed by atoms with E-state index in [-0.39, 0.29) is 0 Å².